The van der Waals surface area contributed by atoms with Gasteiger partial charge in [-0.05, 0) is 25.1 Å². The first-order valence-corrected chi connectivity index (χ1v) is 11.5. The van der Waals surface area contributed by atoms with Gasteiger partial charge >= 0.3 is 0 Å². The van der Waals surface area contributed by atoms with Crippen molar-refractivity contribution >= 4 is 67.8 Å². The number of hydrogen-bond acceptors (Lipinski definition) is 7. The number of fused-ring (bicyclic) bond motifs is 3. The number of benzene rings is 2. The van der Waals surface area contributed by atoms with Crippen molar-refractivity contribution in [1.82, 2.24) is 25.1 Å². The van der Waals surface area contributed by atoms with Gasteiger partial charge in [-0.2, -0.15) is 0 Å². The maximum atomic E-state index is 12.6. The molecule has 2 N–H and O–H groups in total. The Labute approximate surface area is 190 Å². The highest BCUT2D eigenvalue weighted by atomic mass is 35.5. The number of carbonyl (C=O) groups excluding carboxylic acids is 1. The van der Waals surface area contributed by atoms with Gasteiger partial charge in [-0.3, -0.25) is 4.79 Å². The Bertz CT molecular complexity index is 1400. The number of nitrogens with one attached hydrogen (secondary N) is 2. The molecular weight excluding hydrogens is 452 g/mol. The molecule has 0 fully saturated rings. The topological polar surface area (TPSA) is 96.5 Å². The van der Waals surface area contributed by atoms with Crippen molar-refractivity contribution in [3.05, 3.63) is 58.9 Å². The molecular formula is C21H15ClN6OS2. The summed E-state index contributed by atoms with van der Waals surface area (Å²) in [6.07, 6.45) is 0. The lowest BCUT2D eigenvalue weighted by Gasteiger charge is -2.08. The van der Waals surface area contributed by atoms with Gasteiger partial charge in [0.2, 0.25) is 11.1 Å². The van der Waals surface area contributed by atoms with E-state index >= 15 is 0 Å². The van der Waals surface area contributed by atoms with E-state index in [-0.39, 0.29) is 5.91 Å². The van der Waals surface area contributed by atoms with Crippen LogP contribution in [0.25, 0.3) is 33.3 Å². The van der Waals surface area contributed by atoms with E-state index in [1.54, 1.807) is 6.92 Å². The highest BCUT2D eigenvalue weighted by Gasteiger charge is 2.19. The van der Waals surface area contributed by atoms with Gasteiger partial charge in [0.15, 0.2) is 10.8 Å². The summed E-state index contributed by atoms with van der Waals surface area (Å²) < 4.78 is 0. The maximum absolute atomic E-state index is 12.6. The smallest absolute Gasteiger partial charge is 0.239 e. The number of thioether (sulfide) groups is 1. The molecule has 3 aromatic heterocycles. The average molecular weight is 467 g/mol. The van der Waals surface area contributed by atoms with Gasteiger partial charge in [0, 0.05) is 26.9 Å². The molecule has 7 nitrogen and oxygen atoms in total. The molecule has 1 unspecified atom stereocenters. The van der Waals surface area contributed by atoms with Crippen molar-refractivity contribution in [2.45, 2.75) is 17.3 Å². The number of hydrogen-bond donors (Lipinski definition) is 2. The quantitative estimate of drug-likeness (QED) is 0.336. The van der Waals surface area contributed by atoms with Crippen LogP contribution in [0.15, 0.2) is 59.1 Å². The van der Waals surface area contributed by atoms with Crippen molar-refractivity contribution in [1.29, 1.82) is 0 Å². The SMILES string of the molecule is CC(Sc1nnc2c(n1)[nH]c1ccccc12)C(=O)Nc1nc(-c2ccc(Cl)cc2)cs1. The van der Waals surface area contributed by atoms with Crippen LogP contribution in [0.5, 0.6) is 0 Å². The molecule has 0 saturated heterocycles. The Morgan fingerprint density at radius 3 is 2.77 bits per heavy atom. The van der Waals surface area contributed by atoms with Crippen molar-refractivity contribution in [3.8, 4) is 11.3 Å². The lowest BCUT2D eigenvalue weighted by Crippen LogP contribution is -2.22. The highest BCUT2D eigenvalue weighted by molar-refractivity contribution is 8.00. The predicted octanol–water partition coefficient (Wildman–Crippen LogP) is 5.40. The van der Waals surface area contributed by atoms with Gasteiger partial charge in [0.25, 0.3) is 0 Å². The van der Waals surface area contributed by atoms with E-state index in [9.17, 15) is 4.79 Å². The fraction of sp³-hybridized carbons (Fsp3) is 0.0952. The number of anilines is 1. The van der Waals surface area contributed by atoms with Crippen LogP contribution in [-0.4, -0.2) is 36.3 Å². The number of halogens is 1. The summed E-state index contributed by atoms with van der Waals surface area (Å²) in [4.78, 5) is 24.9. The zero-order valence-corrected chi connectivity index (χ0v) is 18.6. The number of rotatable bonds is 5. The summed E-state index contributed by atoms with van der Waals surface area (Å²) in [6.45, 7) is 1.80. The predicted molar refractivity (Wildman–Crippen MR) is 126 cm³/mol. The van der Waals surface area contributed by atoms with Crippen molar-refractivity contribution in [2.75, 3.05) is 5.32 Å². The van der Waals surface area contributed by atoms with E-state index in [2.05, 4.69) is 30.5 Å². The first-order chi connectivity index (χ1) is 15.1. The lowest BCUT2D eigenvalue weighted by atomic mass is 10.2. The van der Waals surface area contributed by atoms with Crippen LogP contribution in [0.1, 0.15) is 6.92 Å². The first kappa shape index (κ1) is 19.9. The molecule has 2 aromatic carbocycles. The molecule has 1 atom stereocenters. The Hall–Kier alpha value is -3.01. The molecule has 0 aliphatic heterocycles. The Morgan fingerprint density at radius 2 is 1.94 bits per heavy atom. The number of nitrogens with zero attached hydrogens (tertiary/aromatic N) is 4. The molecule has 5 rings (SSSR count). The highest BCUT2D eigenvalue weighted by Crippen LogP contribution is 2.28. The van der Waals surface area contributed by atoms with Crippen LogP contribution < -0.4 is 5.32 Å². The number of thiazole rings is 1. The number of H-pyrrole nitrogens is 1. The van der Waals surface area contributed by atoms with E-state index in [1.807, 2.05) is 53.9 Å². The molecule has 31 heavy (non-hydrogen) atoms. The van der Waals surface area contributed by atoms with Crippen LogP contribution in [0.2, 0.25) is 5.02 Å². The summed E-state index contributed by atoms with van der Waals surface area (Å²) in [7, 11) is 0. The molecule has 5 aromatic rings. The average Bonchev–Trinajstić information content (AvgIpc) is 3.38. The minimum absolute atomic E-state index is 0.178. The second-order valence-corrected chi connectivity index (χ2v) is 9.36. The third-order valence-electron chi connectivity index (χ3n) is 4.63. The van der Waals surface area contributed by atoms with Crippen LogP contribution in [0.4, 0.5) is 5.13 Å². The second-order valence-electron chi connectivity index (χ2n) is 6.76. The molecule has 0 saturated carbocycles. The number of aromatic nitrogens is 5. The fourth-order valence-electron chi connectivity index (χ4n) is 3.06. The molecule has 0 aliphatic carbocycles. The molecule has 0 bridgehead atoms. The second kappa shape index (κ2) is 8.26. The molecule has 3 heterocycles. The van der Waals surface area contributed by atoms with E-state index in [4.69, 9.17) is 11.6 Å². The Balaban J connectivity index is 1.28. The van der Waals surface area contributed by atoms with Gasteiger partial charge in [0.1, 0.15) is 5.52 Å². The van der Waals surface area contributed by atoms with Gasteiger partial charge in [0.05, 0.1) is 10.9 Å². The van der Waals surface area contributed by atoms with E-state index in [0.717, 1.165) is 27.7 Å². The first-order valence-electron chi connectivity index (χ1n) is 9.37. The number of para-hydroxylation sites is 1. The third-order valence-corrected chi connectivity index (χ3v) is 6.59. The minimum Gasteiger partial charge on any atom is -0.338 e. The van der Waals surface area contributed by atoms with Gasteiger partial charge in [-0.15, -0.1) is 21.5 Å². The monoisotopic (exact) mass is 466 g/mol. The number of carbonyl (C=O) groups is 1. The van der Waals surface area contributed by atoms with Crippen LogP contribution in [-0.2, 0) is 4.79 Å². The Morgan fingerprint density at radius 1 is 1.13 bits per heavy atom. The number of aromatic amines is 1. The summed E-state index contributed by atoms with van der Waals surface area (Å²) in [5, 5.41) is 15.4. The minimum atomic E-state index is -0.425. The zero-order chi connectivity index (χ0) is 21.4. The molecule has 0 spiro atoms. The van der Waals surface area contributed by atoms with Crippen molar-refractivity contribution in [3.63, 3.8) is 0 Å². The van der Waals surface area contributed by atoms with Crippen LogP contribution in [0.3, 0.4) is 0 Å². The Kier molecular flexibility index (Phi) is 5.31. The summed E-state index contributed by atoms with van der Waals surface area (Å²) in [5.41, 5.74) is 4.05. The molecule has 154 valence electrons. The van der Waals surface area contributed by atoms with E-state index in [0.29, 0.717) is 21.0 Å². The molecule has 0 radical (unpaired) electrons. The van der Waals surface area contributed by atoms with Crippen molar-refractivity contribution < 1.29 is 4.79 Å². The van der Waals surface area contributed by atoms with Crippen LogP contribution in [0, 0.1) is 0 Å². The summed E-state index contributed by atoms with van der Waals surface area (Å²) in [6, 6.07) is 15.2. The molecule has 1 amide bonds. The third kappa shape index (κ3) is 4.12. The summed E-state index contributed by atoms with van der Waals surface area (Å²) in [5.74, 6) is -0.178. The van der Waals surface area contributed by atoms with E-state index in [1.165, 1.54) is 23.1 Å². The maximum Gasteiger partial charge on any atom is 0.239 e. The molecule has 0 aliphatic rings. The zero-order valence-electron chi connectivity index (χ0n) is 16.2. The van der Waals surface area contributed by atoms with Crippen molar-refractivity contribution in [2.24, 2.45) is 0 Å². The summed E-state index contributed by atoms with van der Waals surface area (Å²) >= 11 is 8.55. The normalized spacial score (nSPS) is 12.3. The van der Waals surface area contributed by atoms with Crippen LogP contribution >= 0.6 is 34.7 Å². The lowest BCUT2D eigenvalue weighted by molar-refractivity contribution is -0.115. The van der Waals surface area contributed by atoms with Gasteiger partial charge in [-0.1, -0.05) is 53.7 Å². The van der Waals surface area contributed by atoms with E-state index < -0.39 is 5.25 Å². The largest absolute Gasteiger partial charge is 0.338 e. The fourth-order valence-corrected chi connectivity index (χ4v) is 4.62. The van der Waals surface area contributed by atoms with Gasteiger partial charge in [-0.25, -0.2) is 9.97 Å². The number of amides is 1. The standard InChI is InChI=1S/C21H15ClN6OS2/c1-11(19(29)26-20-24-16(10-30-20)12-6-8-13(22)9-7-12)31-21-25-18-17(27-28-21)14-4-2-3-5-15(14)23-18/h2-11H,1H3,(H,23,25,28)(H,24,26,29). The van der Waals surface area contributed by atoms with Gasteiger partial charge < -0.3 is 10.3 Å². The molecule has 10 heteroatoms.